The Morgan fingerprint density at radius 1 is 1.24 bits per heavy atom. The predicted octanol–water partition coefficient (Wildman–Crippen LogP) is 2.71. The summed E-state index contributed by atoms with van der Waals surface area (Å²) >= 11 is 1.80. The van der Waals surface area contributed by atoms with Crippen LogP contribution in [0.2, 0.25) is 0 Å². The standard InChI is InChI=1S/C16H24N4S/c1-15(16-3-12-21-13-16)20-10-8-18(9-11-20)5-2-6-19-7-4-17-14-19/h3-4,7,12-15H,2,5-6,8-11H2,1H3/t15-/m1/s1. The molecule has 4 nitrogen and oxygen atoms in total. The molecule has 3 heterocycles. The van der Waals surface area contributed by atoms with Crippen LogP contribution in [-0.4, -0.2) is 52.1 Å². The molecule has 114 valence electrons. The van der Waals surface area contributed by atoms with Gasteiger partial charge in [-0.1, -0.05) is 0 Å². The number of thiophene rings is 1. The van der Waals surface area contributed by atoms with Crippen LogP contribution in [0.4, 0.5) is 0 Å². The van der Waals surface area contributed by atoms with Crippen molar-refractivity contribution in [2.24, 2.45) is 0 Å². The molecule has 1 aliphatic heterocycles. The van der Waals surface area contributed by atoms with Gasteiger partial charge in [0.15, 0.2) is 0 Å². The molecule has 0 unspecified atom stereocenters. The lowest BCUT2D eigenvalue weighted by Gasteiger charge is -2.38. The van der Waals surface area contributed by atoms with Gasteiger partial charge in [0.2, 0.25) is 0 Å². The highest BCUT2D eigenvalue weighted by molar-refractivity contribution is 7.07. The number of rotatable bonds is 6. The molecule has 5 heteroatoms. The Bertz CT molecular complexity index is 500. The zero-order valence-corrected chi connectivity index (χ0v) is 13.5. The molecule has 0 N–H and O–H groups in total. The lowest BCUT2D eigenvalue weighted by atomic mass is 10.1. The summed E-state index contributed by atoms with van der Waals surface area (Å²) in [6, 6.07) is 2.82. The summed E-state index contributed by atoms with van der Waals surface area (Å²) in [6.45, 7) is 9.35. The number of piperazine rings is 1. The Balaban J connectivity index is 1.38. The molecular weight excluding hydrogens is 280 g/mol. The first-order valence-corrected chi connectivity index (χ1v) is 8.71. The van der Waals surface area contributed by atoms with E-state index in [0.717, 1.165) is 6.54 Å². The normalized spacial score (nSPS) is 18.9. The fourth-order valence-electron chi connectivity index (χ4n) is 2.99. The van der Waals surface area contributed by atoms with E-state index in [1.165, 1.54) is 44.7 Å². The predicted molar refractivity (Wildman–Crippen MR) is 87.6 cm³/mol. The highest BCUT2D eigenvalue weighted by Gasteiger charge is 2.21. The number of imidazole rings is 1. The van der Waals surface area contributed by atoms with E-state index < -0.39 is 0 Å². The van der Waals surface area contributed by atoms with Crippen LogP contribution < -0.4 is 0 Å². The molecule has 1 aliphatic rings. The molecule has 21 heavy (non-hydrogen) atoms. The van der Waals surface area contributed by atoms with Crippen LogP contribution in [0.25, 0.3) is 0 Å². The number of nitrogens with zero attached hydrogens (tertiary/aromatic N) is 4. The Morgan fingerprint density at radius 2 is 2.10 bits per heavy atom. The number of aryl methyl sites for hydroxylation is 1. The van der Waals surface area contributed by atoms with Crippen molar-refractivity contribution in [2.45, 2.75) is 25.9 Å². The highest BCUT2D eigenvalue weighted by Crippen LogP contribution is 2.23. The van der Waals surface area contributed by atoms with Crippen molar-refractivity contribution >= 4 is 11.3 Å². The van der Waals surface area contributed by atoms with Gasteiger partial charge in [-0.3, -0.25) is 4.90 Å². The van der Waals surface area contributed by atoms with Crippen molar-refractivity contribution in [2.75, 3.05) is 32.7 Å². The van der Waals surface area contributed by atoms with Crippen molar-refractivity contribution in [3.63, 3.8) is 0 Å². The van der Waals surface area contributed by atoms with Gasteiger partial charge in [0.05, 0.1) is 6.33 Å². The molecule has 2 aromatic rings. The zero-order chi connectivity index (χ0) is 14.5. The molecule has 0 aliphatic carbocycles. The lowest BCUT2D eigenvalue weighted by molar-refractivity contribution is 0.101. The average Bonchev–Trinajstić information content (AvgIpc) is 3.21. The maximum atomic E-state index is 4.08. The van der Waals surface area contributed by atoms with E-state index in [1.807, 2.05) is 18.7 Å². The molecule has 1 fully saturated rings. The van der Waals surface area contributed by atoms with Crippen molar-refractivity contribution in [3.8, 4) is 0 Å². The largest absolute Gasteiger partial charge is 0.337 e. The Labute approximate surface area is 131 Å². The minimum absolute atomic E-state index is 0.560. The summed E-state index contributed by atoms with van der Waals surface area (Å²) in [4.78, 5) is 9.28. The molecular formula is C16H24N4S. The first kappa shape index (κ1) is 14.8. The van der Waals surface area contributed by atoms with Gasteiger partial charge in [-0.25, -0.2) is 4.98 Å². The quantitative estimate of drug-likeness (QED) is 0.820. The fourth-order valence-corrected chi connectivity index (χ4v) is 3.74. The molecule has 0 radical (unpaired) electrons. The molecule has 0 bridgehead atoms. The third-order valence-electron chi connectivity index (χ3n) is 4.43. The van der Waals surface area contributed by atoms with E-state index in [9.17, 15) is 0 Å². The molecule has 0 saturated carbocycles. The van der Waals surface area contributed by atoms with Crippen LogP contribution in [0.15, 0.2) is 35.5 Å². The summed E-state index contributed by atoms with van der Waals surface area (Å²) in [6.07, 6.45) is 7.00. The SMILES string of the molecule is C[C@H](c1ccsc1)N1CCN(CCCn2ccnc2)CC1. The highest BCUT2D eigenvalue weighted by atomic mass is 32.1. The van der Waals surface area contributed by atoms with Crippen molar-refractivity contribution in [1.29, 1.82) is 0 Å². The number of hydrogen-bond acceptors (Lipinski definition) is 4. The third-order valence-corrected chi connectivity index (χ3v) is 5.13. The number of hydrogen-bond donors (Lipinski definition) is 0. The second-order valence-corrected chi connectivity index (χ2v) is 6.54. The number of aromatic nitrogens is 2. The minimum atomic E-state index is 0.560. The Kier molecular flexibility index (Phi) is 5.06. The summed E-state index contributed by atoms with van der Waals surface area (Å²) in [5.74, 6) is 0. The van der Waals surface area contributed by atoms with Crippen molar-refractivity contribution in [1.82, 2.24) is 19.4 Å². The van der Waals surface area contributed by atoms with Gasteiger partial charge in [0.1, 0.15) is 0 Å². The summed E-state index contributed by atoms with van der Waals surface area (Å²) in [5.41, 5.74) is 1.47. The summed E-state index contributed by atoms with van der Waals surface area (Å²) in [5, 5.41) is 4.46. The van der Waals surface area contributed by atoms with Crippen LogP contribution >= 0.6 is 11.3 Å². The Hall–Kier alpha value is -1.17. The molecule has 1 atom stereocenters. The van der Waals surface area contributed by atoms with Crippen LogP contribution in [0.3, 0.4) is 0 Å². The van der Waals surface area contributed by atoms with Crippen LogP contribution in [0.5, 0.6) is 0 Å². The van der Waals surface area contributed by atoms with Gasteiger partial charge in [-0.2, -0.15) is 11.3 Å². The minimum Gasteiger partial charge on any atom is -0.337 e. The zero-order valence-electron chi connectivity index (χ0n) is 12.7. The van der Waals surface area contributed by atoms with Gasteiger partial charge >= 0.3 is 0 Å². The maximum absolute atomic E-state index is 4.08. The second-order valence-electron chi connectivity index (χ2n) is 5.76. The van der Waals surface area contributed by atoms with E-state index in [2.05, 4.69) is 43.1 Å². The van der Waals surface area contributed by atoms with Crippen LogP contribution in [0.1, 0.15) is 24.9 Å². The Morgan fingerprint density at radius 3 is 2.76 bits per heavy atom. The monoisotopic (exact) mass is 304 g/mol. The molecule has 2 aromatic heterocycles. The van der Waals surface area contributed by atoms with Crippen LogP contribution in [-0.2, 0) is 6.54 Å². The molecule has 3 rings (SSSR count). The van der Waals surface area contributed by atoms with Gasteiger partial charge in [0, 0.05) is 51.2 Å². The molecule has 0 aromatic carbocycles. The van der Waals surface area contributed by atoms with E-state index in [0.29, 0.717) is 6.04 Å². The van der Waals surface area contributed by atoms with E-state index in [1.54, 1.807) is 11.3 Å². The lowest BCUT2D eigenvalue weighted by Crippen LogP contribution is -2.47. The smallest absolute Gasteiger partial charge is 0.0945 e. The third kappa shape index (κ3) is 3.93. The topological polar surface area (TPSA) is 24.3 Å². The van der Waals surface area contributed by atoms with Crippen LogP contribution in [0, 0.1) is 0 Å². The summed E-state index contributed by atoms with van der Waals surface area (Å²) < 4.78 is 2.16. The van der Waals surface area contributed by atoms with E-state index in [4.69, 9.17) is 0 Å². The van der Waals surface area contributed by atoms with Gasteiger partial charge in [-0.15, -0.1) is 0 Å². The summed E-state index contributed by atoms with van der Waals surface area (Å²) in [7, 11) is 0. The second kappa shape index (κ2) is 7.20. The van der Waals surface area contributed by atoms with Crippen molar-refractivity contribution < 1.29 is 0 Å². The first-order chi connectivity index (χ1) is 10.3. The van der Waals surface area contributed by atoms with Gasteiger partial charge in [0.25, 0.3) is 0 Å². The van der Waals surface area contributed by atoms with Crippen molar-refractivity contribution in [3.05, 3.63) is 41.1 Å². The van der Waals surface area contributed by atoms with E-state index >= 15 is 0 Å². The van der Waals surface area contributed by atoms with Gasteiger partial charge < -0.3 is 9.47 Å². The van der Waals surface area contributed by atoms with E-state index in [-0.39, 0.29) is 0 Å². The molecule has 0 amide bonds. The maximum Gasteiger partial charge on any atom is 0.0945 e. The molecule has 1 saturated heterocycles. The van der Waals surface area contributed by atoms with Gasteiger partial charge in [-0.05, 0) is 42.3 Å². The fraction of sp³-hybridized carbons (Fsp3) is 0.562. The first-order valence-electron chi connectivity index (χ1n) is 7.77. The average molecular weight is 304 g/mol. The molecule has 0 spiro atoms.